The molecule has 0 bridgehead atoms. The summed E-state index contributed by atoms with van der Waals surface area (Å²) in [7, 11) is 0. The zero-order valence-electron chi connectivity index (χ0n) is 10.3. The minimum atomic E-state index is -0.372. The highest BCUT2D eigenvalue weighted by Gasteiger charge is 2.08. The smallest absolute Gasteiger partial charge is 0.251 e. The van der Waals surface area contributed by atoms with Crippen LogP contribution in [0.2, 0.25) is 0 Å². The fourth-order valence-corrected chi connectivity index (χ4v) is 3.02. The number of carbonyl (C=O) groups is 1. The third-order valence-corrected chi connectivity index (χ3v) is 4.55. The molecule has 0 spiro atoms. The molecule has 2 aromatic rings. The first-order valence-corrected chi connectivity index (χ1v) is 8.03. The zero-order valence-corrected chi connectivity index (χ0v) is 12.7. The molecule has 106 valence electrons. The number of nitrogens with one attached hydrogen (secondary N) is 1. The number of alkyl halides is 1. The fourth-order valence-electron chi connectivity index (χ4n) is 1.36. The highest BCUT2D eigenvalue weighted by atomic mass is 35.5. The Morgan fingerprint density at radius 2 is 2.15 bits per heavy atom. The molecule has 1 aromatic carbocycles. The summed E-state index contributed by atoms with van der Waals surface area (Å²) in [4.78, 5) is 16.1. The van der Waals surface area contributed by atoms with Crippen LogP contribution < -0.4 is 5.32 Å². The largest absolute Gasteiger partial charge is 0.345 e. The topological polar surface area (TPSA) is 54.9 Å². The lowest BCUT2D eigenvalue weighted by Gasteiger charge is -2.02. The molecule has 0 atom stereocenters. The molecule has 2 rings (SSSR count). The number of thioether (sulfide) groups is 1. The van der Waals surface area contributed by atoms with E-state index in [0.717, 1.165) is 10.1 Å². The molecule has 0 fully saturated rings. The Morgan fingerprint density at radius 1 is 1.40 bits per heavy atom. The van der Waals surface area contributed by atoms with Crippen LogP contribution in [0.25, 0.3) is 0 Å². The van der Waals surface area contributed by atoms with E-state index in [0.29, 0.717) is 17.3 Å². The van der Waals surface area contributed by atoms with Crippen LogP contribution in [-0.2, 0) is 6.54 Å². The summed E-state index contributed by atoms with van der Waals surface area (Å²) in [5.74, 6) is 1.24. The number of aromatic nitrogens is 2. The van der Waals surface area contributed by atoms with Crippen LogP contribution in [0.1, 0.15) is 16.2 Å². The Labute approximate surface area is 128 Å². The molecule has 20 heavy (non-hydrogen) atoms. The summed E-state index contributed by atoms with van der Waals surface area (Å²) >= 11 is 8.41. The average Bonchev–Trinajstić information content (AvgIpc) is 2.91. The van der Waals surface area contributed by atoms with E-state index in [1.807, 2.05) is 0 Å². The van der Waals surface area contributed by atoms with Crippen LogP contribution in [0.15, 0.2) is 28.6 Å². The van der Waals surface area contributed by atoms with Crippen molar-refractivity contribution in [2.24, 2.45) is 0 Å². The van der Waals surface area contributed by atoms with Gasteiger partial charge in [0.15, 0.2) is 10.2 Å². The number of amides is 1. The molecule has 1 N–H and O–H groups in total. The van der Waals surface area contributed by atoms with Crippen molar-refractivity contribution in [3.05, 3.63) is 41.5 Å². The predicted octanol–water partition coefficient (Wildman–Crippen LogP) is 2.94. The van der Waals surface area contributed by atoms with Gasteiger partial charge in [0.25, 0.3) is 5.91 Å². The van der Waals surface area contributed by atoms with Gasteiger partial charge in [-0.1, -0.05) is 11.8 Å². The first-order valence-electron chi connectivity index (χ1n) is 5.74. The Hall–Kier alpha value is -1.18. The van der Waals surface area contributed by atoms with E-state index in [9.17, 15) is 9.18 Å². The van der Waals surface area contributed by atoms with Crippen molar-refractivity contribution in [3.63, 3.8) is 0 Å². The van der Waals surface area contributed by atoms with Gasteiger partial charge in [-0.2, -0.15) is 4.37 Å². The molecule has 4 nitrogen and oxygen atoms in total. The Morgan fingerprint density at radius 3 is 2.85 bits per heavy atom. The maximum Gasteiger partial charge on any atom is 0.251 e. The molecule has 1 heterocycles. The molecule has 0 aliphatic heterocycles. The van der Waals surface area contributed by atoms with Crippen LogP contribution in [0.4, 0.5) is 4.39 Å². The van der Waals surface area contributed by atoms with Gasteiger partial charge in [0.1, 0.15) is 5.82 Å². The van der Waals surface area contributed by atoms with Gasteiger partial charge < -0.3 is 5.32 Å². The van der Waals surface area contributed by atoms with E-state index in [1.165, 1.54) is 47.6 Å². The second-order valence-electron chi connectivity index (χ2n) is 3.70. The first kappa shape index (κ1) is 15.2. The van der Waals surface area contributed by atoms with Gasteiger partial charge in [0, 0.05) is 17.2 Å². The summed E-state index contributed by atoms with van der Waals surface area (Å²) in [6.07, 6.45) is 0. The van der Waals surface area contributed by atoms with Gasteiger partial charge in [0.2, 0.25) is 0 Å². The van der Waals surface area contributed by atoms with E-state index < -0.39 is 0 Å². The number of hydrogen-bond acceptors (Lipinski definition) is 5. The van der Waals surface area contributed by atoms with Gasteiger partial charge in [-0.3, -0.25) is 4.79 Å². The third-order valence-electron chi connectivity index (χ3n) is 2.27. The minimum Gasteiger partial charge on any atom is -0.345 e. The molecule has 8 heteroatoms. The second-order valence-corrected chi connectivity index (χ2v) is 6.18. The van der Waals surface area contributed by atoms with Crippen molar-refractivity contribution in [2.75, 3.05) is 11.6 Å². The molecular weight excluding hydrogens is 321 g/mol. The standard InChI is InChI=1S/C12H11ClFN3OS2/c13-5-6-19-12-16-10(17-20-12)7-15-11(18)8-1-3-9(14)4-2-8/h1-4H,5-7H2,(H,15,18). The Bertz CT molecular complexity index is 576. The minimum absolute atomic E-state index is 0.244. The number of rotatable bonds is 6. The molecule has 1 aromatic heterocycles. The summed E-state index contributed by atoms with van der Waals surface area (Å²) < 4.78 is 17.7. The molecule has 0 aliphatic carbocycles. The van der Waals surface area contributed by atoms with E-state index in [1.54, 1.807) is 0 Å². The quantitative estimate of drug-likeness (QED) is 0.653. The monoisotopic (exact) mass is 331 g/mol. The van der Waals surface area contributed by atoms with E-state index in [-0.39, 0.29) is 18.3 Å². The lowest BCUT2D eigenvalue weighted by molar-refractivity contribution is 0.0950. The third kappa shape index (κ3) is 4.43. The number of hydrogen-bond donors (Lipinski definition) is 1. The predicted molar refractivity (Wildman–Crippen MR) is 78.9 cm³/mol. The van der Waals surface area contributed by atoms with Crippen molar-refractivity contribution in [2.45, 2.75) is 10.9 Å². The van der Waals surface area contributed by atoms with Gasteiger partial charge in [-0.25, -0.2) is 9.37 Å². The Kier molecular flexibility index (Phi) is 5.75. The summed E-state index contributed by atoms with van der Waals surface area (Å²) in [6.45, 7) is 0.244. The number of benzene rings is 1. The van der Waals surface area contributed by atoms with Crippen molar-refractivity contribution in [1.29, 1.82) is 0 Å². The lowest BCUT2D eigenvalue weighted by atomic mass is 10.2. The lowest BCUT2D eigenvalue weighted by Crippen LogP contribution is -2.23. The van der Waals surface area contributed by atoms with Crippen molar-refractivity contribution < 1.29 is 9.18 Å². The molecule has 0 saturated carbocycles. The zero-order chi connectivity index (χ0) is 14.4. The highest BCUT2D eigenvalue weighted by Crippen LogP contribution is 2.19. The summed E-state index contributed by atoms with van der Waals surface area (Å²) in [5, 5.41) is 2.69. The molecule has 0 saturated heterocycles. The molecule has 0 radical (unpaired) electrons. The number of carbonyl (C=O) groups excluding carboxylic acids is 1. The molecule has 1 amide bonds. The molecule has 0 unspecified atom stereocenters. The van der Waals surface area contributed by atoms with E-state index in [2.05, 4.69) is 14.7 Å². The van der Waals surface area contributed by atoms with Crippen molar-refractivity contribution >= 4 is 40.8 Å². The van der Waals surface area contributed by atoms with Gasteiger partial charge in [-0.15, -0.1) is 11.6 Å². The molecular formula is C12H11ClFN3OS2. The van der Waals surface area contributed by atoms with Gasteiger partial charge in [0.05, 0.1) is 6.54 Å². The number of nitrogens with zero attached hydrogens (tertiary/aromatic N) is 2. The van der Waals surface area contributed by atoms with Crippen LogP contribution in [-0.4, -0.2) is 26.9 Å². The fraction of sp³-hybridized carbons (Fsp3) is 0.250. The van der Waals surface area contributed by atoms with Gasteiger partial charge >= 0.3 is 0 Å². The van der Waals surface area contributed by atoms with Crippen LogP contribution >= 0.6 is 34.9 Å². The van der Waals surface area contributed by atoms with Crippen molar-refractivity contribution in [1.82, 2.24) is 14.7 Å². The normalized spacial score (nSPS) is 10.5. The summed E-state index contributed by atoms with van der Waals surface area (Å²) in [6, 6.07) is 5.36. The van der Waals surface area contributed by atoms with Crippen LogP contribution in [0.3, 0.4) is 0 Å². The first-order chi connectivity index (χ1) is 9.69. The van der Waals surface area contributed by atoms with Crippen LogP contribution in [0, 0.1) is 5.82 Å². The number of halogens is 2. The maximum atomic E-state index is 12.7. The SMILES string of the molecule is O=C(NCc1nsc(SCCCl)n1)c1ccc(F)cc1. The highest BCUT2D eigenvalue weighted by molar-refractivity contribution is 8.01. The summed E-state index contributed by atoms with van der Waals surface area (Å²) in [5.41, 5.74) is 0.401. The van der Waals surface area contributed by atoms with Crippen molar-refractivity contribution in [3.8, 4) is 0 Å². The van der Waals surface area contributed by atoms with E-state index in [4.69, 9.17) is 11.6 Å². The Balaban J connectivity index is 1.86. The van der Waals surface area contributed by atoms with Gasteiger partial charge in [-0.05, 0) is 35.8 Å². The maximum absolute atomic E-state index is 12.7. The van der Waals surface area contributed by atoms with E-state index >= 15 is 0 Å². The van der Waals surface area contributed by atoms with Crippen LogP contribution in [0.5, 0.6) is 0 Å². The average molecular weight is 332 g/mol. The second kappa shape index (κ2) is 7.56. The molecule has 0 aliphatic rings.